The molecule has 1 aromatic rings. The Labute approximate surface area is 232 Å². The van der Waals surface area contributed by atoms with Gasteiger partial charge in [0.05, 0.1) is 6.10 Å². The standard InChI is InChI=1S/C34H55NO3/c1-4-5-22-35(3)32(38)15-13-11-9-7-6-8-10-12-14-25-23-26-24-27(36)16-17-28(26)29-20-21-34(2)30(33(25)29)18-19-31(34)37/h16-17,24-25,29-31,33,36-37H,4-15,18-23H2,1-3H3/t25-,29-,30+,31+,33+,34+/m1/s1. The van der Waals surface area contributed by atoms with Crippen LogP contribution in [0.3, 0.4) is 0 Å². The third kappa shape index (κ3) is 6.77. The number of carbonyl (C=O) groups excluding carboxylic acids is 1. The summed E-state index contributed by atoms with van der Waals surface area (Å²) < 4.78 is 0. The number of carbonyl (C=O) groups is 1. The summed E-state index contributed by atoms with van der Waals surface area (Å²) in [7, 11) is 1.94. The molecule has 2 N–H and O–H groups in total. The minimum absolute atomic E-state index is 0.101. The third-order valence-corrected chi connectivity index (χ3v) is 10.8. The summed E-state index contributed by atoms with van der Waals surface area (Å²) in [4.78, 5) is 14.1. The molecule has 3 aliphatic rings. The van der Waals surface area contributed by atoms with Crippen LogP contribution in [-0.2, 0) is 11.2 Å². The normalized spacial score (nSPS) is 29.9. The number of rotatable bonds is 14. The van der Waals surface area contributed by atoms with Crippen molar-refractivity contribution in [3.8, 4) is 5.75 Å². The van der Waals surface area contributed by atoms with Crippen LogP contribution in [0.15, 0.2) is 18.2 Å². The Morgan fingerprint density at radius 2 is 1.71 bits per heavy atom. The number of benzene rings is 1. The largest absolute Gasteiger partial charge is 0.508 e. The van der Waals surface area contributed by atoms with Crippen LogP contribution in [0.25, 0.3) is 0 Å². The van der Waals surface area contributed by atoms with Gasteiger partial charge in [0.2, 0.25) is 5.91 Å². The van der Waals surface area contributed by atoms with Crippen LogP contribution in [0.2, 0.25) is 0 Å². The summed E-state index contributed by atoms with van der Waals surface area (Å²) in [5, 5.41) is 21.1. The Hall–Kier alpha value is -1.55. The summed E-state index contributed by atoms with van der Waals surface area (Å²) in [6.07, 6.45) is 19.7. The smallest absolute Gasteiger partial charge is 0.222 e. The fourth-order valence-electron chi connectivity index (χ4n) is 8.49. The quantitative estimate of drug-likeness (QED) is 0.242. The maximum atomic E-state index is 12.2. The molecule has 2 saturated carbocycles. The zero-order chi connectivity index (χ0) is 27.1. The molecule has 0 aliphatic heterocycles. The molecular formula is C34H55NO3. The molecular weight excluding hydrogens is 470 g/mol. The molecule has 4 nitrogen and oxygen atoms in total. The second-order valence-electron chi connectivity index (χ2n) is 13.3. The molecule has 0 bridgehead atoms. The highest BCUT2D eigenvalue weighted by Crippen LogP contribution is 2.62. The van der Waals surface area contributed by atoms with E-state index in [1.807, 2.05) is 24.1 Å². The zero-order valence-electron chi connectivity index (χ0n) is 24.6. The highest BCUT2D eigenvalue weighted by atomic mass is 16.3. The third-order valence-electron chi connectivity index (χ3n) is 10.8. The van der Waals surface area contributed by atoms with Gasteiger partial charge in [-0.3, -0.25) is 4.79 Å². The van der Waals surface area contributed by atoms with Gasteiger partial charge in [-0.15, -0.1) is 0 Å². The van der Waals surface area contributed by atoms with Gasteiger partial charge in [-0.05, 0) is 104 Å². The predicted octanol–water partition coefficient (Wildman–Crippen LogP) is 7.99. The Bertz CT molecular complexity index is 900. The molecule has 3 aliphatic carbocycles. The van der Waals surface area contributed by atoms with Crippen molar-refractivity contribution in [2.24, 2.45) is 23.2 Å². The molecule has 0 unspecified atom stereocenters. The number of hydrogen-bond donors (Lipinski definition) is 2. The molecule has 0 aromatic heterocycles. The molecule has 1 aromatic carbocycles. The molecule has 0 heterocycles. The van der Waals surface area contributed by atoms with E-state index in [1.165, 1.54) is 75.3 Å². The number of phenolic OH excluding ortho intramolecular Hbond substituents is 1. The van der Waals surface area contributed by atoms with Crippen LogP contribution in [0.5, 0.6) is 5.75 Å². The maximum absolute atomic E-state index is 12.2. The summed E-state index contributed by atoms with van der Waals surface area (Å²) in [6.45, 7) is 5.44. The van der Waals surface area contributed by atoms with Crippen molar-refractivity contribution in [1.29, 1.82) is 0 Å². The lowest BCUT2D eigenvalue weighted by Gasteiger charge is -2.53. The van der Waals surface area contributed by atoms with Crippen LogP contribution in [0.1, 0.15) is 134 Å². The first-order valence-electron chi connectivity index (χ1n) is 16.1. The molecule has 0 saturated heterocycles. The maximum Gasteiger partial charge on any atom is 0.222 e. The van der Waals surface area contributed by atoms with Crippen LogP contribution in [-0.4, -0.2) is 40.7 Å². The van der Waals surface area contributed by atoms with Crippen LogP contribution in [0.4, 0.5) is 0 Å². The lowest BCUT2D eigenvalue weighted by atomic mass is 9.52. The van der Waals surface area contributed by atoms with Crippen LogP contribution in [0, 0.1) is 23.2 Å². The van der Waals surface area contributed by atoms with Gasteiger partial charge in [-0.1, -0.05) is 71.3 Å². The molecule has 6 atom stereocenters. The van der Waals surface area contributed by atoms with Crippen LogP contribution < -0.4 is 0 Å². The van der Waals surface area contributed by atoms with E-state index >= 15 is 0 Å². The fourth-order valence-corrected chi connectivity index (χ4v) is 8.49. The second kappa shape index (κ2) is 13.7. The van der Waals surface area contributed by atoms with E-state index in [-0.39, 0.29) is 11.5 Å². The van der Waals surface area contributed by atoms with Crippen molar-refractivity contribution < 1.29 is 15.0 Å². The Morgan fingerprint density at radius 1 is 1.00 bits per heavy atom. The Balaban J connectivity index is 1.19. The van der Waals surface area contributed by atoms with Crippen molar-refractivity contribution in [1.82, 2.24) is 4.90 Å². The minimum Gasteiger partial charge on any atom is -0.508 e. The summed E-state index contributed by atoms with van der Waals surface area (Å²) in [6, 6.07) is 6.12. The predicted molar refractivity (Wildman–Crippen MR) is 156 cm³/mol. The number of aromatic hydroxyl groups is 1. The van der Waals surface area contributed by atoms with E-state index in [0.717, 1.165) is 45.1 Å². The van der Waals surface area contributed by atoms with Crippen molar-refractivity contribution in [3.05, 3.63) is 29.3 Å². The monoisotopic (exact) mass is 525 g/mol. The van der Waals surface area contributed by atoms with Crippen molar-refractivity contribution in [2.75, 3.05) is 13.6 Å². The van der Waals surface area contributed by atoms with Crippen LogP contribution >= 0.6 is 0 Å². The van der Waals surface area contributed by atoms with E-state index < -0.39 is 0 Å². The molecule has 2 fully saturated rings. The number of fused-ring (bicyclic) bond motifs is 5. The Morgan fingerprint density at radius 3 is 2.45 bits per heavy atom. The number of phenols is 1. The van der Waals surface area contributed by atoms with Gasteiger partial charge in [-0.2, -0.15) is 0 Å². The number of nitrogens with zero attached hydrogens (tertiary/aromatic N) is 1. The first-order chi connectivity index (χ1) is 18.3. The summed E-state index contributed by atoms with van der Waals surface area (Å²) in [5.41, 5.74) is 2.97. The molecule has 1 amide bonds. The van der Waals surface area contributed by atoms with Gasteiger partial charge in [0, 0.05) is 20.0 Å². The summed E-state index contributed by atoms with van der Waals surface area (Å²) >= 11 is 0. The van der Waals surface area contributed by atoms with E-state index in [0.29, 0.717) is 41.7 Å². The molecule has 4 heteroatoms. The van der Waals surface area contributed by atoms with Crippen molar-refractivity contribution in [3.63, 3.8) is 0 Å². The Kier molecular flexibility index (Phi) is 10.6. The highest BCUT2D eigenvalue weighted by Gasteiger charge is 2.56. The molecule has 0 spiro atoms. The lowest BCUT2D eigenvalue weighted by molar-refractivity contribution is -0.130. The molecule has 4 rings (SSSR count). The fraction of sp³-hybridized carbons (Fsp3) is 0.794. The van der Waals surface area contributed by atoms with E-state index in [4.69, 9.17) is 0 Å². The average molecular weight is 526 g/mol. The number of aliphatic hydroxyl groups excluding tert-OH is 1. The average Bonchev–Trinajstić information content (AvgIpc) is 3.21. The van der Waals surface area contributed by atoms with Gasteiger partial charge >= 0.3 is 0 Å². The highest BCUT2D eigenvalue weighted by molar-refractivity contribution is 5.75. The van der Waals surface area contributed by atoms with Gasteiger partial charge in [0.15, 0.2) is 0 Å². The first-order valence-corrected chi connectivity index (χ1v) is 16.1. The van der Waals surface area contributed by atoms with E-state index in [9.17, 15) is 15.0 Å². The number of hydrogen-bond acceptors (Lipinski definition) is 3. The topological polar surface area (TPSA) is 60.8 Å². The van der Waals surface area contributed by atoms with Gasteiger partial charge < -0.3 is 15.1 Å². The molecule has 38 heavy (non-hydrogen) atoms. The molecule has 214 valence electrons. The zero-order valence-corrected chi connectivity index (χ0v) is 24.6. The number of aliphatic hydroxyl groups is 1. The van der Waals surface area contributed by atoms with E-state index in [2.05, 4.69) is 19.9 Å². The number of unbranched alkanes of at least 4 members (excludes halogenated alkanes) is 8. The second-order valence-corrected chi connectivity index (χ2v) is 13.3. The van der Waals surface area contributed by atoms with Gasteiger partial charge in [0.25, 0.3) is 0 Å². The van der Waals surface area contributed by atoms with E-state index in [1.54, 1.807) is 0 Å². The number of amides is 1. The van der Waals surface area contributed by atoms with Crippen molar-refractivity contribution >= 4 is 5.91 Å². The van der Waals surface area contributed by atoms with Gasteiger partial charge in [0.1, 0.15) is 5.75 Å². The lowest BCUT2D eigenvalue weighted by Crippen LogP contribution is -2.47. The minimum atomic E-state index is -0.129. The summed E-state index contributed by atoms with van der Waals surface area (Å²) in [5.74, 6) is 3.33. The molecule has 0 radical (unpaired) electrons. The first kappa shape index (κ1) is 29.4. The van der Waals surface area contributed by atoms with Gasteiger partial charge in [-0.25, -0.2) is 0 Å². The SMILES string of the molecule is CCCCN(C)C(=O)CCCCCCCCCC[C@@H]1Cc2cc(O)ccc2[C@H]2CC[C@]3(C)[C@@H](O)CC[C@H]3[C@@H]12. The van der Waals surface area contributed by atoms with Crippen molar-refractivity contribution in [2.45, 2.75) is 135 Å².